The van der Waals surface area contributed by atoms with Gasteiger partial charge in [0, 0.05) is 60.6 Å². The standard InChI is InChI=1S/C33H20N8.Co/c1-17-9-8-16-24-25(17)33-40-31-23-15-7-6-14-22(23)29(38-31)36-27-19-11-3-2-10-18(19)26(34-27)35-28-20-12-4-5-13-21(20)30(37-28)39-32(24)41-33;/h2-16H,1H3,(H2,34,35,36,37,38,39,40,41);. The number of aryl methyl sites for hydroxylation is 1. The van der Waals surface area contributed by atoms with Gasteiger partial charge in [0.15, 0.2) is 23.3 Å². The molecule has 8 bridgehead atoms. The third-order valence-electron chi connectivity index (χ3n) is 7.79. The molecule has 0 saturated carbocycles. The second-order valence-corrected chi connectivity index (χ2v) is 10.2. The third kappa shape index (κ3) is 3.54. The number of benzene rings is 4. The van der Waals surface area contributed by atoms with Gasteiger partial charge in [0.05, 0.1) is 0 Å². The molecule has 7 aromatic rings. The average molecular weight is 588 g/mol. The molecule has 5 heterocycles. The van der Waals surface area contributed by atoms with E-state index < -0.39 is 0 Å². The van der Waals surface area contributed by atoms with Crippen LogP contribution >= 0.6 is 0 Å². The van der Waals surface area contributed by atoms with Crippen LogP contribution in [0.3, 0.4) is 0 Å². The summed E-state index contributed by atoms with van der Waals surface area (Å²) in [4.78, 5) is 37.0. The van der Waals surface area contributed by atoms with E-state index in [1.807, 2.05) is 78.9 Å². The molecule has 0 atom stereocenters. The second-order valence-electron chi connectivity index (χ2n) is 10.2. The van der Waals surface area contributed by atoms with Crippen LogP contribution in [0.25, 0.3) is 89.7 Å². The number of hydrogen-bond donors (Lipinski definition) is 2. The molecule has 2 N–H and O–H groups in total. The van der Waals surface area contributed by atoms with E-state index in [2.05, 4.69) is 29.0 Å². The summed E-state index contributed by atoms with van der Waals surface area (Å²) in [6.07, 6.45) is 0. The van der Waals surface area contributed by atoms with Gasteiger partial charge in [-0.05, 0) is 12.5 Å². The molecule has 2 aliphatic heterocycles. The zero-order valence-electron chi connectivity index (χ0n) is 22.2. The molecule has 4 aromatic carbocycles. The minimum absolute atomic E-state index is 0. The van der Waals surface area contributed by atoms with Gasteiger partial charge in [0.1, 0.15) is 22.6 Å². The summed E-state index contributed by atoms with van der Waals surface area (Å²) >= 11 is 0. The van der Waals surface area contributed by atoms with Crippen molar-refractivity contribution in [2.24, 2.45) is 0 Å². The number of H-pyrrole nitrogens is 2. The SMILES string of the molecule is Cc1cccc2c3nc4nc(nc5[nH]c(nc6nc(nc([nH]3)c12)-c1ccccc1-6)c1ccccc51)-c1ccccc1-4.[Co]. The van der Waals surface area contributed by atoms with E-state index in [-0.39, 0.29) is 16.8 Å². The van der Waals surface area contributed by atoms with Gasteiger partial charge in [-0.1, -0.05) is 91.0 Å². The maximum Gasteiger partial charge on any atom is 0.164 e. The van der Waals surface area contributed by atoms with Crippen LogP contribution in [0.15, 0.2) is 91.0 Å². The summed E-state index contributed by atoms with van der Waals surface area (Å²) in [7, 11) is 0. The maximum absolute atomic E-state index is 5.08. The first-order valence-corrected chi connectivity index (χ1v) is 13.4. The fourth-order valence-electron chi connectivity index (χ4n) is 5.86. The Morgan fingerprint density at radius 3 is 1.29 bits per heavy atom. The Morgan fingerprint density at radius 2 is 0.786 bits per heavy atom. The first-order valence-electron chi connectivity index (χ1n) is 13.4. The monoisotopic (exact) mass is 587 g/mol. The molecule has 3 aromatic heterocycles. The average Bonchev–Trinajstić information content (AvgIpc) is 3.73. The normalized spacial score (nSPS) is 11.7. The van der Waals surface area contributed by atoms with E-state index in [4.69, 9.17) is 29.9 Å². The van der Waals surface area contributed by atoms with Gasteiger partial charge in [0.2, 0.25) is 0 Å². The molecule has 8 nitrogen and oxygen atoms in total. The van der Waals surface area contributed by atoms with Crippen LogP contribution in [-0.2, 0) is 16.8 Å². The third-order valence-corrected chi connectivity index (χ3v) is 7.79. The molecule has 0 amide bonds. The van der Waals surface area contributed by atoms with Crippen molar-refractivity contribution in [2.45, 2.75) is 6.92 Å². The van der Waals surface area contributed by atoms with Crippen LogP contribution in [0.5, 0.6) is 0 Å². The summed E-state index contributed by atoms with van der Waals surface area (Å²) in [5.74, 6) is 2.40. The first-order chi connectivity index (χ1) is 20.2. The quantitative estimate of drug-likeness (QED) is 0.195. The zero-order chi connectivity index (χ0) is 27.1. The molecule has 0 fully saturated rings. The molecular weight excluding hydrogens is 567 g/mol. The van der Waals surface area contributed by atoms with Crippen molar-refractivity contribution in [2.75, 3.05) is 0 Å². The van der Waals surface area contributed by atoms with Crippen LogP contribution in [-0.4, -0.2) is 39.9 Å². The van der Waals surface area contributed by atoms with Gasteiger partial charge in [-0.15, -0.1) is 0 Å². The van der Waals surface area contributed by atoms with Crippen LogP contribution in [0, 0.1) is 6.92 Å². The smallest absolute Gasteiger partial charge is 0.164 e. The van der Waals surface area contributed by atoms with Gasteiger partial charge < -0.3 is 9.97 Å². The number of nitrogens with one attached hydrogen (secondary N) is 2. The number of aromatic nitrogens is 8. The fraction of sp³-hybridized carbons (Fsp3) is 0.0303. The molecule has 42 heavy (non-hydrogen) atoms. The summed E-state index contributed by atoms with van der Waals surface area (Å²) in [5.41, 5.74) is 7.58. The minimum atomic E-state index is 0. The minimum Gasteiger partial charge on any atom is -0.324 e. The Hall–Kier alpha value is -5.25. The van der Waals surface area contributed by atoms with E-state index in [1.54, 1.807) is 0 Å². The van der Waals surface area contributed by atoms with Gasteiger partial charge in [-0.3, -0.25) is 0 Å². The van der Waals surface area contributed by atoms with Crippen molar-refractivity contribution in [3.63, 3.8) is 0 Å². The van der Waals surface area contributed by atoms with E-state index in [0.717, 1.165) is 49.4 Å². The molecule has 0 aliphatic carbocycles. The van der Waals surface area contributed by atoms with E-state index in [0.29, 0.717) is 45.9 Å². The van der Waals surface area contributed by atoms with E-state index in [1.165, 1.54) is 0 Å². The molecule has 9 rings (SSSR count). The van der Waals surface area contributed by atoms with Crippen LogP contribution < -0.4 is 0 Å². The maximum atomic E-state index is 5.08. The van der Waals surface area contributed by atoms with E-state index in [9.17, 15) is 0 Å². The first kappa shape index (κ1) is 24.5. The Kier molecular flexibility index (Phi) is 5.33. The topological polar surface area (TPSA) is 109 Å². The van der Waals surface area contributed by atoms with Crippen molar-refractivity contribution < 1.29 is 16.8 Å². The van der Waals surface area contributed by atoms with Crippen molar-refractivity contribution in [3.05, 3.63) is 96.6 Å². The molecule has 0 unspecified atom stereocenters. The fourth-order valence-corrected chi connectivity index (χ4v) is 5.86. The van der Waals surface area contributed by atoms with Gasteiger partial charge in [-0.2, -0.15) is 0 Å². The van der Waals surface area contributed by atoms with Crippen LogP contribution in [0.1, 0.15) is 5.56 Å². The predicted molar refractivity (Wildman–Crippen MR) is 161 cm³/mol. The summed E-state index contributed by atoms with van der Waals surface area (Å²) in [6.45, 7) is 2.08. The summed E-state index contributed by atoms with van der Waals surface area (Å²) < 4.78 is 0. The molecule has 9 heteroatoms. The Labute approximate surface area is 249 Å². The van der Waals surface area contributed by atoms with Crippen molar-refractivity contribution in [1.82, 2.24) is 39.9 Å². The molecule has 0 saturated heterocycles. The van der Waals surface area contributed by atoms with Crippen molar-refractivity contribution >= 4 is 44.1 Å². The van der Waals surface area contributed by atoms with Crippen molar-refractivity contribution in [3.8, 4) is 45.6 Å². The van der Waals surface area contributed by atoms with Crippen molar-refractivity contribution in [1.29, 1.82) is 0 Å². The van der Waals surface area contributed by atoms with Crippen LogP contribution in [0.4, 0.5) is 0 Å². The Bertz CT molecular complexity index is 2400. The van der Waals surface area contributed by atoms with Gasteiger partial charge >= 0.3 is 0 Å². The Balaban J connectivity index is 0.00000267. The van der Waals surface area contributed by atoms with Crippen LogP contribution in [0.2, 0.25) is 0 Å². The molecular formula is C33H20CoN8. The Morgan fingerprint density at radius 1 is 0.405 bits per heavy atom. The number of fused-ring (bicyclic) bond motifs is 20. The zero-order valence-corrected chi connectivity index (χ0v) is 23.2. The van der Waals surface area contributed by atoms with E-state index >= 15 is 0 Å². The van der Waals surface area contributed by atoms with Gasteiger partial charge in [0.25, 0.3) is 0 Å². The predicted octanol–water partition coefficient (Wildman–Crippen LogP) is 7.18. The molecule has 1 radical (unpaired) electrons. The molecule has 2 aliphatic rings. The largest absolute Gasteiger partial charge is 0.324 e. The molecule has 201 valence electrons. The van der Waals surface area contributed by atoms with Gasteiger partial charge in [-0.25, -0.2) is 29.9 Å². The summed E-state index contributed by atoms with van der Waals surface area (Å²) in [5, 5.41) is 3.88. The number of nitrogens with zero attached hydrogens (tertiary/aromatic N) is 6. The molecule has 0 spiro atoms. The summed E-state index contributed by atoms with van der Waals surface area (Å²) in [6, 6.07) is 30.4. The second kappa shape index (κ2) is 9.13. The number of rotatable bonds is 0. The number of hydrogen-bond acceptors (Lipinski definition) is 6. The number of aromatic amines is 2.